The molecule has 206 valence electrons. The van der Waals surface area contributed by atoms with Crippen LogP contribution in [0.3, 0.4) is 0 Å². The van der Waals surface area contributed by atoms with E-state index in [0.717, 1.165) is 34.6 Å². The normalized spacial score (nSPS) is 22.0. The quantitative estimate of drug-likeness (QED) is 0.566. The van der Waals surface area contributed by atoms with Crippen molar-refractivity contribution >= 4 is 23.3 Å². The van der Waals surface area contributed by atoms with E-state index in [-0.39, 0.29) is 35.0 Å². The second-order valence-electron chi connectivity index (χ2n) is 12.5. The molecule has 0 fully saturated rings. The number of carbonyl (C=O) groups excluding carboxylic acids is 3. The van der Waals surface area contributed by atoms with Crippen molar-refractivity contribution < 1.29 is 14.4 Å². The van der Waals surface area contributed by atoms with Crippen LogP contribution in [0.4, 0.5) is 5.69 Å². The molecule has 0 spiro atoms. The highest BCUT2D eigenvalue weighted by atomic mass is 16.2. The van der Waals surface area contributed by atoms with Gasteiger partial charge in [-0.2, -0.15) is 0 Å². The first kappa shape index (κ1) is 27.9. The van der Waals surface area contributed by atoms with Gasteiger partial charge in [0.15, 0.2) is 5.78 Å². The summed E-state index contributed by atoms with van der Waals surface area (Å²) in [6, 6.07) is 5.00. The molecule has 0 saturated heterocycles. The van der Waals surface area contributed by atoms with Gasteiger partial charge < -0.3 is 26.3 Å². The highest BCUT2D eigenvalue weighted by molar-refractivity contribution is 6.01. The molecule has 1 aromatic carbocycles. The van der Waals surface area contributed by atoms with Crippen molar-refractivity contribution in [2.75, 3.05) is 18.4 Å². The van der Waals surface area contributed by atoms with Crippen LogP contribution in [-0.2, 0) is 17.6 Å². The summed E-state index contributed by atoms with van der Waals surface area (Å²) in [5.41, 5.74) is 17.6. The van der Waals surface area contributed by atoms with Crippen LogP contribution in [-0.4, -0.2) is 52.2 Å². The summed E-state index contributed by atoms with van der Waals surface area (Å²) in [6.45, 7) is 15.3. The molecule has 2 aliphatic rings. The van der Waals surface area contributed by atoms with E-state index in [1.54, 1.807) is 6.07 Å². The van der Waals surface area contributed by atoms with E-state index < -0.39 is 11.9 Å². The molecule has 0 saturated carbocycles. The van der Waals surface area contributed by atoms with Gasteiger partial charge in [0, 0.05) is 60.3 Å². The zero-order chi connectivity index (χ0) is 28.1. The third kappa shape index (κ3) is 5.10. The van der Waals surface area contributed by atoms with E-state index in [1.807, 2.05) is 44.7 Å². The third-order valence-electron chi connectivity index (χ3n) is 8.41. The topological polar surface area (TPSA) is 123 Å². The summed E-state index contributed by atoms with van der Waals surface area (Å²) in [7, 11) is 0. The second kappa shape index (κ2) is 10.2. The number of hydrogen-bond donors (Lipinski definition) is 3. The van der Waals surface area contributed by atoms with E-state index >= 15 is 0 Å². The number of anilines is 1. The first-order valence-corrected chi connectivity index (χ1v) is 13.7. The molecular formula is C30H43N5O3. The smallest absolute Gasteiger partial charge is 0.250 e. The Morgan fingerprint density at radius 2 is 1.82 bits per heavy atom. The zero-order valence-electron chi connectivity index (χ0n) is 23.9. The van der Waals surface area contributed by atoms with Gasteiger partial charge in [0.25, 0.3) is 5.91 Å². The maximum atomic E-state index is 13.5. The molecule has 1 aromatic heterocycles. The van der Waals surface area contributed by atoms with Crippen LogP contribution in [0.2, 0.25) is 0 Å². The fraction of sp³-hybridized carbons (Fsp3) is 0.567. The van der Waals surface area contributed by atoms with Gasteiger partial charge in [-0.1, -0.05) is 34.6 Å². The van der Waals surface area contributed by atoms with Gasteiger partial charge in [-0.25, -0.2) is 0 Å². The average Bonchev–Trinajstić information content (AvgIpc) is 3.09. The standard InChI is InChI=1S/C30H43N5O3/c1-16(2)27(31)29(38)34-11-10-23-18(4)26-24(13-30(6,7)14-25(26)36)35(23)20-8-9-21(28(32)37)22(12-20)33-19(5)17(3)15-34/h8-9,12,16-17,19,27,33H,10-11,13-15,31H2,1-7H3,(H2,32,37)/t17-,19+,27+/m1/s1. The van der Waals surface area contributed by atoms with Gasteiger partial charge in [-0.3, -0.25) is 14.4 Å². The number of hydrogen-bond acceptors (Lipinski definition) is 5. The number of benzene rings is 1. The largest absolute Gasteiger partial charge is 0.382 e. The van der Waals surface area contributed by atoms with Crippen LogP contribution in [0.5, 0.6) is 0 Å². The molecule has 1 aliphatic heterocycles. The fourth-order valence-electron chi connectivity index (χ4n) is 5.92. The van der Waals surface area contributed by atoms with Crippen LogP contribution in [0.25, 0.3) is 5.69 Å². The van der Waals surface area contributed by atoms with Crippen molar-refractivity contribution in [3.63, 3.8) is 0 Å². The van der Waals surface area contributed by atoms with Crippen molar-refractivity contribution in [3.8, 4) is 5.69 Å². The van der Waals surface area contributed by atoms with Gasteiger partial charge in [0.1, 0.15) is 0 Å². The Kier molecular flexibility index (Phi) is 7.49. The maximum absolute atomic E-state index is 13.5. The number of fused-ring (bicyclic) bond motifs is 6. The molecule has 1 aliphatic carbocycles. The number of primary amides is 1. The van der Waals surface area contributed by atoms with Crippen molar-refractivity contribution in [2.45, 2.75) is 79.8 Å². The molecule has 5 N–H and O–H groups in total. The SMILES string of the molecule is Cc1c2c(n3c1CCN(C(=O)[C@@H](N)C(C)C)C[C@@H](C)[C@H](C)Nc1cc-3ccc1C(N)=O)CC(C)(C)CC2=O. The van der Waals surface area contributed by atoms with Crippen LogP contribution >= 0.6 is 0 Å². The highest BCUT2D eigenvalue weighted by Crippen LogP contribution is 2.40. The van der Waals surface area contributed by atoms with Crippen molar-refractivity contribution in [3.05, 3.63) is 46.3 Å². The molecule has 2 aromatic rings. The number of nitrogens with zero attached hydrogens (tertiary/aromatic N) is 2. The molecule has 2 heterocycles. The molecule has 8 nitrogen and oxygen atoms in total. The van der Waals surface area contributed by atoms with Crippen LogP contribution < -0.4 is 16.8 Å². The summed E-state index contributed by atoms with van der Waals surface area (Å²) in [5, 5.41) is 3.50. The van der Waals surface area contributed by atoms with E-state index in [9.17, 15) is 14.4 Å². The molecule has 4 rings (SSSR count). The second-order valence-corrected chi connectivity index (χ2v) is 12.5. The Morgan fingerprint density at radius 3 is 2.45 bits per heavy atom. The highest BCUT2D eigenvalue weighted by Gasteiger charge is 2.37. The van der Waals surface area contributed by atoms with Crippen molar-refractivity contribution in [2.24, 2.45) is 28.7 Å². The zero-order valence-corrected chi connectivity index (χ0v) is 23.9. The lowest BCUT2D eigenvalue weighted by molar-refractivity contribution is -0.134. The minimum atomic E-state index is -0.587. The Balaban J connectivity index is 1.93. The predicted octanol–water partition coefficient (Wildman–Crippen LogP) is 3.84. The van der Waals surface area contributed by atoms with Gasteiger partial charge in [0.05, 0.1) is 11.6 Å². The number of amides is 2. The van der Waals surface area contributed by atoms with Crippen molar-refractivity contribution in [1.29, 1.82) is 0 Å². The van der Waals surface area contributed by atoms with Gasteiger partial charge >= 0.3 is 0 Å². The first-order valence-electron chi connectivity index (χ1n) is 13.7. The van der Waals surface area contributed by atoms with Gasteiger partial charge in [-0.05, 0) is 61.3 Å². The Hall–Kier alpha value is -3.13. The predicted molar refractivity (Wildman–Crippen MR) is 151 cm³/mol. The van der Waals surface area contributed by atoms with Crippen LogP contribution in [0, 0.1) is 24.2 Å². The lowest BCUT2D eigenvalue weighted by atomic mass is 9.75. The number of rotatable bonds is 3. The Bertz CT molecular complexity index is 1280. The Labute approximate surface area is 226 Å². The van der Waals surface area contributed by atoms with Crippen LogP contribution in [0.15, 0.2) is 18.2 Å². The molecule has 3 atom stereocenters. The number of nitrogens with one attached hydrogen (secondary N) is 1. The molecule has 8 heteroatoms. The number of ketones is 1. The molecule has 0 unspecified atom stereocenters. The average molecular weight is 522 g/mol. The summed E-state index contributed by atoms with van der Waals surface area (Å²) in [4.78, 5) is 41.1. The molecule has 38 heavy (non-hydrogen) atoms. The van der Waals surface area contributed by atoms with Gasteiger partial charge in [0.2, 0.25) is 5.91 Å². The number of Topliss-reactive ketones (excluding diaryl/α,β-unsaturated/α-hetero) is 1. The monoisotopic (exact) mass is 521 g/mol. The molecular weight excluding hydrogens is 478 g/mol. The number of carbonyl (C=O) groups is 3. The maximum Gasteiger partial charge on any atom is 0.250 e. The lowest BCUT2D eigenvalue weighted by Crippen LogP contribution is -2.50. The number of aromatic nitrogens is 1. The van der Waals surface area contributed by atoms with E-state index in [2.05, 4.69) is 30.7 Å². The van der Waals surface area contributed by atoms with E-state index in [0.29, 0.717) is 37.2 Å². The third-order valence-corrected chi connectivity index (χ3v) is 8.41. The molecule has 0 radical (unpaired) electrons. The summed E-state index contributed by atoms with van der Waals surface area (Å²) >= 11 is 0. The molecule has 2 amide bonds. The Morgan fingerprint density at radius 1 is 1.13 bits per heavy atom. The van der Waals surface area contributed by atoms with Gasteiger partial charge in [-0.15, -0.1) is 0 Å². The van der Waals surface area contributed by atoms with Crippen LogP contribution in [0.1, 0.15) is 85.6 Å². The van der Waals surface area contributed by atoms with E-state index in [1.165, 1.54) is 0 Å². The number of nitrogens with two attached hydrogens (primary N) is 2. The minimum Gasteiger partial charge on any atom is -0.382 e. The summed E-state index contributed by atoms with van der Waals surface area (Å²) < 4.78 is 2.18. The fourth-order valence-corrected chi connectivity index (χ4v) is 5.92. The lowest BCUT2D eigenvalue weighted by Gasteiger charge is -2.33. The first-order chi connectivity index (χ1) is 17.7. The van der Waals surface area contributed by atoms with Crippen molar-refractivity contribution in [1.82, 2.24) is 9.47 Å². The minimum absolute atomic E-state index is 0.0189. The summed E-state index contributed by atoms with van der Waals surface area (Å²) in [6.07, 6.45) is 1.84. The van der Waals surface area contributed by atoms with E-state index in [4.69, 9.17) is 11.5 Å². The summed E-state index contributed by atoms with van der Waals surface area (Å²) in [5.74, 6) is -0.323. The molecule has 2 bridgehead atoms.